The van der Waals surface area contributed by atoms with Crippen molar-refractivity contribution in [3.8, 4) is 0 Å². The summed E-state index contributed by atoms with van der Waals surface area (Å²) < 4.78 is 0. The number of anilines is 2. The topological polar surface area (TPSA) is 45.4 Å². The molecule has 1 saturated heterocycles. The largest absolute Gasteiger partial charge is 0.368 e. The Bertz CT molecular complexity index is 528. The van der Waals surface area contributed by atoms with Crippen molar-refractivity contribution in [3.05, 3.63) is 41.4 Å². The van der Waals surface area contributed by atoms with E-state index in [1.54, 1.807) is 11.3 Å². The molecule has 1 aliphatic rings. The Morgan fingerprint density at radius 2 is 1.75 bits per heavy atom. The molecule has 1 aromatic carbocycles. The van der Waals surface area contributed by atoms with Gasteiger partial charge in [0.15, 0.2) is 5.13 Å². The van der Waals surface area contributed by atoms with Gasteiger partial charge in [-0.15, -0.1) is 11.3 Å². The number of thiazole rings is 1. The van der Waals surface area contributed by atoms with E-state index < -0.39 is 0 Å². The van der Waals surface area contributed by atoms with Crippen LogP contribution >= 0.6 is 11.3 Å². The summed E-state index contributed by atoms with van der Waals surface area (Å²) in [4.78, 5) is 9.17. The first-order valence-corrected chi connectivity index (χ1v) is 7.87. The first-order chi connectivity index (χ1) is 9.74. The van der Waals surface area contributed by atoms with Crippen LogP contribution in [0.15, 0.2) is 35.8 Å². The van der Waals surface area contributed by atoms with E-state index >= 15 is 0 Å². The molecular formula is C15H20N4S. The third-order valence-electron chi connectivity index (χ3n) is 3.75. The van der Waals surface area contributed by atoms with E-state index in [0.717, 1.165) is 31.3 Å². The molecule has 0 amide bonds. The van der Waals surface area contributed by atoms with Crippen LogP contribution in [0.3, 0.4) is 0 Å². The van der Waals surface area contributed by atoms with Crippen molar-refractivity contribution in [3.63, 3.8) is 0 Å². The summed E-state index contributed by atoms with van der Waals surface area (Å²) in [6.45, 7) is 6.15. The average molecular weight is 288 g/mol. The van der Waals surface area contributed by atoms with Crippen molar-refractivity contribution in [2.75, 3.05) is 36.0 Å². The molecule has 1 atom stereocenters. The van der Waals surface area contributed by atoms with Gasteiger partial charge in [0.05, 0.1) is 0 Å². The number of nitrogens with two attached hydrogens (primary N) is 1. The van der Waals surface area contributed by atoms with Crippen molar-refractivity contribution in [1.82, 2.24) is 4.98 Å². The first-order valence-electron chi connectivity index (χ1n) is 6.99. The van der Waals surface area contributed by atoms with Crippen molar-refractivity contribution >= 4 is 22.2 Å². The van der Waals surface area contributed by atoms with E-state index in [0.29, 0.717) is 0 Å². The smallest absolute Gasteiger partial charge is 0.185 e. The summed E-state index contributed by atoms with van der Waals surface area (Å²) in [5.74, 6) is 0. The molecule has 106 valence electrons. The second-order valence-electron chi connectivity index (χ2n) is 5.17. The molecule has 0 aliphatic carbocycles. The second kappa shape index (κ2) is 5.81. The summed E-state index contributed by atoms with van der Waals surface area (Å²) in [6.07, 6.45) is 1.87. The van der Waals surface area contributed by atoms with E-state index in [1.165, 1.54) is 11.3 Å². The number of benzene rings is 1. The molecule has 2 heterocycles. The van der Waals surface area contributed by atoms with Crippen LogP contribution in [0.5, 0.6) is 0 Å². The van der Waals surface area contributed by atoms with Crippen LogP contribution in [-0.4, -0.2) is 31.2 Å². The molecule has 1 aromatic heterocycles. The van der Waals surface area contributed by atoms with Gasteiger partial charge in [-0.05, 0) is 24.6 Å². The van der Waals surface area contributed by atoms with Crippen LogP contribution < -0.4 is 15.5 Å². The fourth-order valence-electron chi connectivity index (χ4n) is 2.52. The fourth-order valence-corrected chi connectivity index (χ4v) is 3.21. The van der Waals surface area contributed by atoms with Crippen molar-refractivity contribution < 1.29 is 0 Å². The lowest BCUT2D eigenvalue weighted by atomic mass is 10.1. The van der Waals surface area contributed by atoms with Crippen molar-refractivity contribution in [2.24, 2.45) is 5.73 Å². The predicted molar refractivity (Wildman–Crippen MR) is 85.6 cm³/mol. The van der Waals surface area contributed by atoms with Crippen LogP contribution in [0.1, 0.15) is 18.5 Å². The number of rotatable bonds is 3. The molecule has 2 aromatic rings. The molecule has 0 radical (unpaired) electrons. The Morgan fingerprint density at radius 1 is 1.10 bits per heavy atom. The molecule has 0 bridgehead atoms. The summed E-state index contributed by atoms with van der Waals surface area (Å²) in [6, 6.07) is 8.72. The summed E-state index contributed by atoms with van der Waals surface area (Å²) in [7, 11) is 0. The number of aromatic nitrogens is 1. The van der Waals surface area contributed by atoms with E-state index in [-0.39, 0.29) is 6.04 Å². The van der Waals surface area contributed by atoms with Gasteiger partial charge in [-0.25, -0.2) is 4.98 Å². The molecule has 20 heavy (non-hydrogen) atoms. The van der Waals surface area contributed by atoms with Gasteiger partial charge in [0.25, 0.3) is 0 Å². The SMILES string of the molecule is C[C@@H](N)c1ccc(N2CCN(c3nccs3)CC2)cc1. The molecule has 3 rings (SSSR count). The lowest BCUT2D eigenvalue weighted by molar-refractivity contribution is 0.652. The molecule has 0 spiro atoms. The van der Waals surface area contributed by atoms with Gasteiger partial charge in [-0.3, -0.25) is 0 Å². The van der Waals surface area contributed by atoms with Crippen LogP contribution in [0.25, 0.3) is 0 Å². The highest BCUT2D eigenvalue weighted by Crippen LogP contribution is 2.23. The average Bonchev–Trinajstić information content (AvgIpc) is 3.02. The van der Waals surface area contributed by atoms with Crippen LogP contribution in [0, 0.1) is 0 Å². The summed E-state index contributed by atoms with van der Waals surface area (Å²) in [5.41, 5.74) is 8.36. The third-order valence-corrected chi connectivity index (χ3v) is 4.59. The lowest BCUT2D eigenvalue weighted by Crippen LogP contribution is -2.46. The van der Waals surface area contributed by atoms with E-state index in [2.05, 4.69) is 39.0 Å². The van der Waals surface area contributed by atoms with Gasteiger partial charge >= 0.3 is 0 Å². The van der Waals surface area contributed by atoms with Gasteiger partial charge in [0, 0.05) is 49.5 Å². The zero-order valence-corrected chi connectivity index (χ0v) is 12.5. The van der Waals surface area contributed by atoms with Gasteiger partial charge in [0.2, 0.25) is 0 Å². The van der Waals surface area contributed by atoms with E-state index in [9.17, 15) is 0 Å². The molecule has 1 fully saturated rings. The molecular weight excluding hydrogens is 268 g/mol. The standard InChI is InChI=1S/C15H20N4S/c1-12(16)13-2-4-14(5-3-13)18-7-9-19(10-8-18)15-17-6-11-20-15/h2-6,11-12H,7-10,16H2,1H3/t12-/m1/s1. The van der Waals surface area contributed by atoms with Crippen molar-refractivity contribution in [2.45, 2.75) is 13.0 Å². The zero-order chi connectivity index (χ0) is 13.9. The predicted octanol–water partition coefficient (Wildman–Crippen LogP) is 2.49. The van der Waals surface area contributed by atoms with Gasteiger partial charge < -0.3 is 15.5 Å². The maximum atomic E-state index is 5.89. The molecule has 4 nitrogen and oxygen atoms in total. The first kappa shape index (κ1) is 13.4. The third kappa shape index (κ3) is 2.78. The van der Waals surface area contributed by atoms with Gasteiger partial charge in [-0.2, -0.15) is 0 Å². The Labute approximate surface area is 123 Å². The quantitative estimate of drug-likeness (QED) is 0.942. The fraction of sp³-hybridized carbons (Fsp3) is 0.400. The normalized spacial score (nSPS) is 17.3. The number of piperazine rings is 1. The number of hydrogen-bond acceptors (Lipinski definition) is 5. The second-order valence-corrected chi connectivity index (χ2v) is 6.04. The molecule has 0 saturated carbocycles. The molecule has 5 heteroatoms. The maximum Gasteiger partial charge on any atom is 0.185 e. The number of nitrogens with zero attached hydrogens (tertiary/aromatic N) is 3. The summed E-state index contributed by atoms with van der Waals surface area (Å²) in [5, 5.41) is 3.17. The van der Waals surface area contributed by atoms with E-state index in [4.69, 9.17) is 5.73 Å². The minimum atomic E-state index is 0.103. The highest BCUT2D eigenvalue weighted by atomic mass is 32.1. The Hall–Kier alpha value is -1.59. The van der Waals surface area contributed by atoms with Gasteiger partial charge in [0.1, 0.15) is 0 Å². The van der Waals surface area contributed by atoms with Crippen molar-refractivity contribution in [1.29, 1.82) is 0 Å². The van der Waals surface area contributed by atoms with Gasteiger partial charge in [-0.1, -0.05) is 12.1 Å². The van der Waals surface area contributed by atoms with E-state index in [1.807, 2.05) is 18.5 Å². The van der Waals surface area contributed by atoms with Crippen LogP contribution in [-0.2, 0) is 0 Å². The Balaban J connectivity index is 1.63. The maximum absolute atomic E-state index is 5.89. The Morgan fingerprint density at radius 3 is 2.30 bits per heavy atom. The Kier molecular flexibility index (Phi) is 3.89. The molecule has 2 N–H and O–H groups in total. The minimum Gasteiger partial charge on any atom is -0.368 e. The monoisotopic (exact) mass is 288 g/mol. The lowest BCUT2D eigenvalue weighted by Gasteiger charge is -2.36. The highest BCUT2D eigenvalue weighted by molar-refractivity contribution is 7.13. The van der Waals surface area contributed by atoms with Crippen LogP contribution in [0.2, 0.25) is 0 Å². The minimum absolute atomic E-state index is 0.103. The molecule has 1 aliphatic heterocycles. The van der Waals surface area contributed by atoms with Crippen LogP contribution in [0.4, 0.5) is 10.8 Å². The zero-order valence-electron chi connectivity index (χ0n) is 11.7. The summed E-state index contributed by atoms with van der Waals surface area (Å²) >= 11 is 1.71. The number of hydrogen-bond donors (Lipinski definition) is 1. The molecule has 0 unspecified atom stereocenters. The highest BCUT2D eigenvalue weighted by Gasteiger charge is 2.18.